The number of piperazine rings is 1. The van der Waals surface area contributed by atoms with E-state index in [0.29, 0.717) is 0 Å². The van der Waals surface area contributed by atoms with E-state index in [-0.39, 0.29) is 5.82 Å². The van der Waals surface area contributed by atoms with Crippen LogP contribution in [0.5, 0.6) is 0 Å². The number of likely N-dealkylation sites (N-methyl/N-ethyl adjacent to an activating group) is 1. The summed E-state index contributed by atoms with van der Waals surface area (Å²) in [5.41, 5.74) is 3.16. The Hall–Kier alpha value is -1.63. The molecule has 0 radical (unpaired) electrons. The molecule has 0 bridgehead atoms. The second-order valence-electron chi connectivity index (χ2n) is 5.83. The minimum Gasteiger partial charge on any atom is -0.379 e. The Kier molecular flexibility index (Phi) is 3.52. The van der Waals surface area contributed by atoms with E-state index in [1.165, 1.54) is 10.6 Å². The molecule has 0 aliphatic carbocycles. The van der Waals surface area contributed by atoms with E-state index in [1.54, 1.807) is 23.5 Å². The smallest absolute Gasteiger partial charge is 0.125 e. The summed E-state index contributed by atoms with van der Waals surface area (Å²) in [6, 6.07) is 7.17. The van der Waals surface area contributed by atoms with Gasteiger partial charge in [0.25, 0.3) is 0 Å². The van der Waals surface area contributed by atoms with E-state index >= 15 is 0 Å². The topological polar surface area (TPSA) is 21.8 Å². The van der Waals surface area contributed by atoms with Crippen molar-refractivity contribution >= 4 is 27.7 Å². The summed E-state index contributed by atoms with van der Waals surface area (Å²) in [6.45, 7) is 4.77. The molecular formula is C16H19FN4S. The van der Waals surface area contributed by atoms with Crippen LogP contribution in [0.1, 0.15) is 5.56 Å². The molecule has 2 aliphatic rings. The maximum absolute atomic E-state index is 13.6. The number of hydrogen-bond donors (Lipinski definition) is 1. The number of halogens is 1. The molecule has 0 unspecified atom stereocenters. The number of nitrogens with zero attached hydrogens (tertiary/aromatic N) is 3. The molecule has 6 heteroatoms. The van der Waals surface area contributed by atoms with E-state index in [9.17, 15) is 4.39 Å². The standard InChI is InChI=1S/C16H19FN4S/c1-19-5-7-20(8-6-19)21-15-3-2-13(17)10-14(15)18-11-12-4-9-22-16(12)21/h2-4,9-10,18H,5-8,11H2,1H3. The van der Waals surface area contributed by atoms with Crippen LogP contribution in [0.3, 0.4) is 0 Å². The van der Waals surface area contributed by atoms with Crippen molar-refractivity contribution in [2.24, 2.45) is 0 Å². The summed E-state index contributed by atoms with van der Waals surface area (Å²) in [7, 11) is 2.15. The lowest BCUT2D eigenvalue weighted by atomic mass is 10.2. The van der Waals surface area contributed by atoms with Crippen LogP contribution in [-0.2, 0) is 6.54 Å². The van der Waals surface area contributed by atoms with Crippen LogP contribution in [0, 0.1) is 5.82 Å². The third-order valence-corrected chi connectivity index (χ3v) is 5.27. The van der Waals surface area contributed by atoms with Crippen molar-refractivity contribution in [2.45, 2.75) is 6.54 Å². The third kappa shape index (κ3) is 2.37. The fourth-order valence-corrected chi connectivity index (χ4v) is 4.03. The first kappa shape index (κ1) is 14.0. The molecule has 3 heterocycles. The van der Waals surface area contributed by atoms with E-state index in [0.717, 1.165) is 44.1 Å². The lowest BCUT2D eigenvalue weighted by molar-refractivity contribution is 0.155. The van der Waals surface area contributed by atoms with Crippen LogP contribution in [0.15, 0.2) is 29.6 Å². The highest BCUT2D eigenvalue weighted by Gasteiger charge is 2.28. The highest BCUT2D eigenvalue weighted by atomic mass is 32.1. The monoisotopic (exact) mass is 318 g/mol. The number of fused-ring (bicyclic) bond motifs is 2. The van der Waals surface area contributed by atoms with E-state index in [4.69, 9.17) is 0 Å². The minimum absolute atomic E-state index is 0.199. The van der Waals surface area contributed by atoms with Gasteiger partial charge >= 0.3 is 0 Å². The van der Waals surface area contributed by atoms with E-state index in [1.807, 2.05) is 6.07 Å². The third-order valence-electron chi connectivity index (χ3n) is 4.33. The summed E-state index contributed by atoms with van der Waals surface area (Å²) in [5, 5.41) is 11.4. The zero-order valence-electron chi connectivity index (χ0n) is 12.6. The molecule has 1 saturated heterocycles. The van der Waals surface area contributed by atoms with Gasteiger partial charge in [0.15, 0.2) is 0 Å². The number of anilines is 3. The Labute approximate surface area is 133 Å². The molecule has 4 nitrogen and oxygen atoms in total. The normalized spacial score (nSPS) is 19.3. The molecule has 2 aromatic rings. The van der Waals surface area contributed by atoms with Crippen LogP contribution in [0.4, 0.5) is 20.8 Å². The van der Waals surface area contributed by atoms with Gasteiger partial charge in [-0.1, -0.05) is 0 Å². The van der Waals surface area contributed by atoms with Gasteiger partial charge in [-0.25, -0.2) is 9.40 Å². The number of hydrazine groups is 1. The fourth-order valence-electron chi connectivity index (χ4n) is 3.06. The lowest BCUT2D eigenvalue weighted by Gasteiger charge is -2.40. The van der Waals surface area contributed by atoms with Gasteiger partial charge in [0.2, 0.25) is 0 Å². The van der Waals surface area contributed by atoms with Crippen molar-refractivity contribution in [1.29, 1.82) is 0 Å². The Balaban J connectivity index is 1.79. The molecule has 4 rings (SSSR count). The molecule has 2 aliphatic heterocycles. The Morgan fingerprint density at radius 2 is 1.95 bits per heavy atom. The summed E-state index contributed by atoms with van der Waals surface area (Å²) in [6.07, 6.45) is 0. The fraction of sp³-hybridized carbons (Fsp3) is 0.375. The average molecular weight is 318 g/mol. The van der Waals surface area contributed by atoms with Gasteiger partial charge in [-0.05, 0) is 36.7 Å². The van der Waals surface area contributed by atoms with Crippen molar-refractivity contribution in [3.8, 4) is 0 Å². The van der Waals surface area contributed by atoms with Gasteiger partial charge in [0.1, 0.15) is 10.8 Å². The largest absolute Gasteiger partial charge is 0.379 e. The van der Waals surface area contributed by atoms with Crippen LogP contribution in [0.25, 0.3) is 0 Å². The molecule has 1 N–H and O–H groups in total. The molecule has 0 spiro atoms. The van der Waals surface area contributed by atoms with E-state index in [2.05, 4.69) is 38.7 Å². The highest BCUT2D eigenvalue weighted by molar-refractivity contribution is 7.14. The second kappa shape index (κ2) is 5.53. The maximum atomic E-state index is 13.6. The predicted octanol–water partition coefficient (Wildman–Crippen LogP) is 3.11. The summed E-state index contributed by atoms with van der Waals surface area (Å²) in [4.78, 5) is 2.34. The van der Waals surface area contributed by atoms with Crippen LogP contribution < -0.4 is 10.3 Å². The van der Waals surface area contributed by atoms with Gasteiger partial charge in [0, 0.05) is 38.3 Å². The number of thiophene rings is 1. The molecule has 1 aromatic heterocycles. The number of benzene rings is 1. The predicted molar refractivity (Wildman–Crippen MR) is 89.3 cm³/mol. The van der Waals surface area contributed by atoms with Crippen molar-refractivity contribution in [3.05, 3.63) is 41.0 Å². The Bertz CT molecular complexity index is 679. The van der Waals surface area contributed by atoms with Gasteiger partial charge in [-0.3, -0.25) is 5.01 Å². The average Bonchev–Trinajstić information content (AvgIpc) is 2.92. The van der Waals surface area contributed by atoms with Crippen LogP contribution in [0.2, 0.25) is 0 Å². The Morgan fingerprint density at radius 1 is 1.14 bits per heavy atom. The summed E-state index contributed by atoms with van der Waals surface area (Å²) < 4.78 is 13.6. The number of hydrogen-bond acceptors (Lipinski definition) is 5. The van der Waals surface area contributed by atoms with Crippen molar-refractivity contribution in [3.63, 3.8) is 0 Å². The Morgan fingerprint density at radius 3 is 2.77 bits per heavy atom. The van der Waals surface area contributed by atoms with Crippen LogP contribution in [-0.4, -0.2) is 43.1 Å². The van der Waals surface area contributed by atoms with Gasteiger partial charge in [0.05, 0.1) is 11.4 Å². The first-order valence-electron chi connectivity index (χ1n) is 7.56. The molecule has 116 valence electrons. The van der Waals surface area contributed by atoms with Crippen molar-refractivity contribution in [2.75, 3.05) is 43.6 Å². The molecular weight excluding hydrogens is 299 g/mol. The lowest BCUT2D eigenvalue weighted by Crippen LogP contribution is -2.51. The van der Waals surface area contributed by atoms with E-state index < -0.39 is 0 Å². The van der Waals surface area contributed by atoms with Crippen molar-refractivity contribution in [1.82, 2.24) is 9.91 Å². The molecule has 1 fully saturated rings. The maximum Gasteiger partial charge on any atom is 0.125 e. The summed E-state index contributed by atoms with van der Waals surface area (Å²) in [5.74, 6) is -0.199. The SMILES string of the molecule is CN1CCN(N2c3ccc(F)cc3NCc3ccsc32)CC1. The van der Waals surface area contributed by atoms with Crippen LogP contribution >= 0.6 is 11.3 Å². The molecule has 0 saturated carbocycles. The first-order chi connectivity index (χ1) is 10.7. The minimum atomic E-state index is -0.199. The molecule has 22 heavy (non-hydrogen) atoms. The number of nitrogens with one attached hydrogen (secondary N) is 1. The number of rotatable bonds is 1. The summed E-state index contributed by atoms with van der Waals surface area (Å²) >= 11 is 1.75. The molecule has 0 atom stereocenters. The molecule has 1 aromatic carbocycles. The quantitative estimate of drug-likeness (QED) is 0.872. The zero-order valence-corrected chi connectivity index (χ0v) is 13.4. The van der Waals surface area contributed by atoms with Crippen molar-refractivity contribution < 1.29 is 4.39 Å². The highest BCUT2D eigenvalue weighted by Crippen LogP contribution is 2.42. The van der Waals surface area contributed by atoms with Gasteiger partial charge in [-0.15, -0.1) is 11.3 Å². The second-order valence-corrected chi connectivity index (χ2v) is 6.73. The first-order valence-corrected chi connectivity index (χ1v) is 8.43. The molecule has 0 amide bonds. The zero-order chi connectivity index (χ0) is 15.1. The van der Waals surface area contributed by atoms with Gasteiger partial charge < -0.3 is 10.2 Å². The van der Waals surface area contributed by atoms with Gasteiger partial charge in [-0.2, -0.15) is 0 Å².